The number of nitrogens with zero attached hydrogens (tertiary/aromatic N) is 1. The first-order valence-corrected chi connectivity index (χ1v) is 7.07. The molecule has 0 aromatic rings. The first kappa shape index (κ1) is 16.9. The van der Waals surface area contributed by atoms with Gasteiger partial charge < -0.3 is 19.7 Å². The molecule has 0 bridgehead atoms. The maximum absolute atomic E-state index is 12.4. The Morgan fingerprint density at radius 1 is 1.30 bits per heavy atom. The second kappa shape index (κ2) is 7.59. The van der Waals surface area contributed by atoms with E-state index in [2.05, 4.69) is 5.32 Å². The molecule has 1 heterocycles. The smallest absolute Gasteiger partial charge is 0.247 e. The largest absolute Gasteiger partial charge is 0.382 e. The van der Waals surface area contributed by atoms with E-state index >= 15 is 0 Å². The normalized spacial score (nSPS) is 22.6. The molecule has 1 unspecified atom stereocenters. The molecule has 0 radical (unpaired) electrons. The Bertz CT molecular complexity index is 344. The van der Waals surface area contributed by atoms with Crippen molar-refractivity contribution in [1.29, 1.82) is 0 Å². The van der Waals surface area contributed by atoms with Crippen LogP contribution in [0.4, 0.5) is 0 Å². The van der Waals surface area contributed by atoms with Gasteiger partial charge >= 0.3 is 0 Å². The van der Waals surface area contributed by atoms with Crippen molar-refractivity contribution in [2.75, 3.05) is 33.5 Å². The maximum Gasteiger partial charge on any atom is 0.247 e. The summed E-state index contributed by atoms with van der Waals surface area (Å²) >= 11 is 0. The molecule has 0 aromatic heterocycles. The molecule has 1 saturated heterocycles. The lowest BCUT2D eigenvalue weighted by atomic mass is 10.0. The maximum atomic E-state index is 12.4. The minimum absolute atomic E-state index is 0.0345. The number of methoxy groups -OCH3 is 1. The third kappa shape index (κ3) is 4.76. The van der Waals surface area contributed by atoms with Gasteiger partial charge in [-0.1, -0.05) is 0 Å². The van der Waals surface area contributed by atoms with Crippen LogP contribution in [0.5, 0.6) is 0 Å². The van der Waals surface area contributed by atoms with Crippen LogP contribution in [0.3, 0.4) is 0 Å². The molecule has 1 atom stereocenters. The fourth-order valence-corrected chi connectivity index (χ4v) is 2.29. The molecule has 6 heteroatoms. The summed E-state index contributed by atoms with van der Waals surface area (Å²) in [6.45, 7) is 7.72. The summed E-state index contributed by atoms with van der Waals surface area (Å²) in [6.07, 6.45) is 1.10. The zero-order chi connectivity index (χ0) is 15.2. The monoisotopic (exact) mass is 286 g/mol. The predicted octanol–water partition coefficient (Wildman–Crippen LogP) is 0.555. The van der Waals surface area contributed by atoms with Crippen LogP contribution in [0, 0.1) is 0 Å². The van der Waals surface area contributed by atoms with Crippen LogP contribution < -0.4 is 5.32 Å². The summed E-state index contributed by atoms with van der Waals surface area (Å²) in [6, 6.07) is -0.0803. The number of hydrogen-bond acceptors (Lipinski definition) is 4. The standard InChI is InChI=1S/C14H26N2O4/c1-11-10-12(17)15-14(2,3)13(18)16(11)6-5-7-20-9-8-19-4/h11H,5-10H2,1-4H3,(H,15,17). The van der Waals surface area contributed by atoms with Gasteiger partial charge in [-0.05, 0) is 27.2 Å². The van der Waals surface area contributed by atoms with Gasteiger partial charge in [-0.25, -0.2) is 0 Å². The summed E-state index contributed by atoms with van der Waals surface area (Å²) in [5.41, 5.74) is -0.835. The van der Waals surface area contributed by atoms with Crippen LogP contribution >= 0.6 is 0 Å². The average molecular weight is 286 g/mol. The Kier molecular flexibility index (Phi) is 6.42. The quantitative estimate of drug-likeness (QED) is 0.694. The molecule has 1 aliphatic heterocycles. The predicted molar refractivity (Wildman–Crippen MR) is 75.3 cm³/mol. The van der Waals surface area contributed by atoms with E-state index in [1.807, 2.05) is 6.92 Å². The summed E-state index contributed by atoms with van der Waals surface area (Å²) in [4.78, 5) is 25.9. The second-order valence-corrected chi connectivity index (χ2v) is 5.68. The second-order valence-electron chi connectivity index (χ2n) is 5.68. The highest BCUT2D eigenvalue weighted by molar-refractivity contribution is 5.93. The minimum Gasteiger partial charge on any atom is -0.382 e. The third-order valence-electron chi connectivity index (χ3n) is 3.38. The van der Waals surface area contributed by atoms with Crippen molar-refractivity contribution < 1.29 is 19.1 Å². The van der Waals surface area contributed by atoms with Crippen LogP contribution in [0.25, 0.3) is 0 Å². The molecular formula is C14H26N2O4. The van der Waals surface area contributed by atoms with Gasteiger partial charge in [-0.15, -0.1) is 0 Å². The highest BCUT2D eigenvalue weighted by Gasteiger charge is 2.39. The Morgan fingerprint density at radius 2 is 2.00 bits per heavy atom. The molecular weight excluding hydrogens is 260 g/mol. The Morgan fingerprint density at radius 3 is 2.65 bits per heavy atom. The zero-order valence-electron chi connectivity index (χ0n) is 12.9. The van der Waals surface area contributed by atoms with Crippen molar-refractivity contribution in [2.24, 2.45) is 0 Å². The first-order valence-electron chi connectivity index (χ1n) is 7.07. The van der Waals surface area contributed by atoms with Gasteiger partial charge in [0.25, 0.3) is 0 Å². The van der Waals surface area contributed by atoms with Crippen LogP contribution in [-0.4, -0.2) is 61.8 Å². The lowest BCUT2D eigenvalue weighted by Gasteiger charge is -2.32. The summed E-state index contributed by atoms with van der Waals surface area (Å²) in [5, 5.41) is 2.77. The number of amides is 2. The molecule has 116 valence electrons. The van der Waals surface area contributed by atoms with Crippen molar-refractivity contribution in [2.45, 2.75) is 45.2 Å². The summed E-state index contributed by atoms with van der Waals surface area (Å²) < 4.78 is 10.3. The molecule has 2 amide bonds. The van der Waals surface area contributed by atoms with Crippen LogP contribution in [0.2, 0.25) is 0 Å². The third-order valence-corrected chi connectivity index (χ3v) is 3.38. The van der Waals surface area contributed by atoms with E-state index in [0.717, 1.165) is 6.42 Å². The number of hydrogen-bond donors (Lipinski definition) is 1. The van der Waals surface area contributed by atoms with Crippen LogP contribution in [-0.2, 0) is 19.1 Å². The highest BCUT2D eigenvalue weighted by Crippen LogP contribution is 2.18. The molecule has 1 N–H and O–H groups in total. The van der Waals surface area contributed by atoms with Gasteiger partial charge in [0.15, 0.2) is 0 Å². The van der Waals surface area contributed by atoms with Crippen LogP contribution in [0.1, 0.15) is 33.6 Å². The lowest BCUT2D eigenvalue weighted by Crippen LogP contribution is -2.53. The summed E-state index contributed by atoms with van der Waals surface area (Å²) in [5.74, 6) is -0.109. The van der Waals surface area contributed by atoms with Crippen molar-refractivity contribution >= 4 is 11.8 Å². The Labute approximate surface area is 120 Å². The SMILES string of the molecule is COCCOCCCN1C(=O)C(C)(C)NC(=O)CC1C. The fourth-order valence-electron chi connectivity index (χ4n) is 2.29. The average Bonchev–Trinajstić information content (AvgIpc) is 2.42. The number of rotatable bonds is 7. The van der Waals surface area contributed by atoms with Gasteiger partial charge in [0.05, 0.1) is 13.2 Å². The van der Waals surface area contributed by atoms with Crippen LogP contribution in [0.15, 0.2) is 0 Å². The van der Waals surface area contributed by atoms with Gasteiger partial charge in [0, 0.05) is 32.7 Å². The Balaban J connectivity index is 2.49. The molecule has 1 rings (SSSR count). The lowest BCUT2D eigenvalue weighted by molar-refractivity contribution is -0.138. The fraction of sp³-hybridized carbons (Fsp3) is 0.857. The van der Waals surface area contributed by atoms with Crippen molar-refractivity contribution in [3.8, 4) is 0 Å². The first-order chi connectivity index (χ1) is 9.38. The van der Waals surface area contributed by atoms with E-state index in [1.54, 1.807) is 25.9 Å². The van der Waals surface area contributed by atoms with Gasteiger partial charge in [-0.2, -0.15) is 0 Å². The Hall–Kier alpha value is -1.14. The molecule has 0 spiro atoms. The van der Waals surface area contributed by atoms with E-state index in [9.17, 15) is 9.59 Å². The zero-order valence-corrected chi connectivity index (χ0v) is 12.9. The molecule has 20 heavy (non-hydrogen) atoms. The van der Waals surface area contributed by atoms with Crippen molar-refractivity contribution in [1.82, 2.24) is 10.2 Å². The minimum atomic E-state index is -0.835. The number of ether oxygens (including phenoxy) is 2. The van der Waals surface area contributed by atoms with E-state index in [4.69, 9.17) is 9.47 Å². The number of carbonyl (C=O) groups excluding carboxylic acids is 2. The van der Waals surface area contributed by atoms with E-state index < -0.39 is 5.54 Å². The summed E-state index contributed by atoms with van der Waals surface area (Å²) in [7, 11) is 1.63. The molecule has 0 aliphatic carbocycles. The highest BCUT2D eigenvalue weighted by atomic mass is 16.5. The molecule has 1 fully saturated rings. The molecule has 0 aromatic carbocycles. The van der Waals surface area contributed by atoms with Gasteiger partial charge in [0.2, 0.25) is 11.8 Å². The van der Waals surface area contributed by atoms with Crippen molar-refractivity contribution in [3.63, 3.8) is 0 Å². The molecule has 1 aliphatic rings. The van der Waals surface area contributed by atoms with Gasteiger partial charge in [0.1, 0.15) is 5.54 Å². The topological polar surface area (TPSA) is 67.9 Å². The molecule has 6 nitrogen and oxygen atoms in total. The van der Waals surface area contributed by atoms with E-state index in [1.165, 1.54) is 0 Å². The number of carbonyl (C=O) groups is 2. The van der Waals surface area contributed by atoms with Gasteiger partial charge in [-0.3, -0.25) is 9.59 Å². The van der Waals surface area contributed by atoms with E-state index in [0.29, 0.717) is 32.8 Å². The van der Waals surface area contributed by atoms with Crippen molar-refractivity contribution in [3.05, 3.63) is 0 Å². The molecule has 0 saturated carbocycles. The van der Waals surface area contributed by atoms with E-state index in [-0.39, 0.29) is 17.9 Å². The number of nitrogens with one attached hydrogen (secondary N) is 1.